The summed E-state index contributed by atoms with van der Waals surface area (Å²) in [5.41, 5.74) is 8.32. The van der Waals surface area contributed by atoms with Crippen molar-refractivity contribution in [3.8, 4) is 5.75 Å². The predicted molar refractivity (Wildman–Crippen MR) is 76.1 cm³/mol. The number of nitrogens with two attached hydrogens (primary N) is 1. The second-order valence-electron chi connectivity index (χ2n) is 4.51. The van der Waals surface area contributed by atoms with Gasteiger partial charge in [-0.15, -0.1) is 0 Å². The van der Waals surface area contributed by atoms with Crippen LogP contribution in [0.25, 0.3) is 0 Å². The molecule has 1 aromatic carbocycles. The number of rotatable bonds is 5. The van der Waals surface area contributed by atoms with Gasteiger partial charge in [0.15, 0.2) is 5.84 Å². The van der Waals surface area contributed by atoms with Crippen molar-refractivity contribution in [1.82, 2.24) is 9.78 Å². The Hall–Kier alpha value is -2.50. The number of aromatic nitrogens is 2. The molecule has 0 spiro atoms. The fourth-order valence-electron chi connectivity index (χ4n) is 1.88. The van der Waals surface area contributed by atoms with E-state index in [-0.39, 0.29) is 5.84 Å². The second kappa shape index (κ2) is 6.10. The Balaban J connectivity index is 2.04. The van der Waals surface area contributed by atoms with Crippen molar-refractivity contribution in [2.75, 3.05) is 6.61 Å². The van der Waals surface area contributed by atoms with Crippen molar-refractivity contribution in [3.05, 3.63) is 47.3 Å². The lowest BCUT2D eigenvalue weighted by Gasteiger charge is -2.10. The van der Waals surface area contributed by atoms with Crippen LogP contribution in [0, 0.1) is 6.92 Å². The van der Waals surface area contributed by atoms with Crippen LogP contribution in [-0.2, 0) is 13.5 Å². The molecule has 6 heteroatoms. The normalized spacial score (nSPS) is 11.6. The number of ether oxygens (including phenoxy) is 1. The summed E-state index contributed by atoms with van der Waals surface area (Å²) >= 11 is 0. The molecule has 3 N–H and O–H groups in total. The van der Waals surface area contributed by atoms with E-state index in [0.717, 1.165) is 23.4 Å². The van der Waals surface area contributed by atoms with E-state index in [9.17, 15) is 0 Å². The predicted octanol–water partition coefficient (Wildman–Crippen LogP) is 1.44. The van der Waals surface area contributed by atoms with E-state index in [1.165, 1.54) is 0 Å². The van der Waals surface area contributed by atoms with Crippen molar-refractivity contribution >= 4 is 5.84 Å². The van der Waals surface area contributed by atoms with E-state index in [1.807, 2.05) is 30.8 Å². The molecule has 0 radical (unpaired) electrons. The second-order valence-corrected chi connectivity index (χ2v) is 4.51. The van der Waals surface area contributed by atoms with E-state index in [2.05, 4.69) is 10.3 Å². The topological polar surface area (TPSA) is 85.7 Å². The molecule has 0 saturated heterocycles. The van der Waals surface area contributed by atoms with Crippen LogP contribution in [0.2, 0.25) is 0 Å². The van der Waals surface area contributed by atoms with Gasteiger partial charge in [0.25, 0.3) is 0 Å². The highest BCUT2D eigenvalue weighted by Crippen LogP contribution is 2.19. The molecule has 6 nitrogen and oxygen atoms in total. The van der Waals surface area contributed by atoms with Gasteiger partial charge in [-0.3, -0.25) is 4.68 Å². The largest absolute Gasteiger partial charge is 0.493 e. The van der Waals surface area contributed by atoms with Crippen molar-refractivity contribution in [2.24, 2.45) is 17.9 Å². The molecule has 0 aliphatic carbocycles. The van der Waals surface area contributed by atoms with Crippen LogP contribution >= 0.6 is 0 Å². The molecule has 0 saturated carbocycles. The summed E-state index contributed by atoms with van der Waals surface area (Å²) in [5.74, 6) is 0.803. The first kappa shape index (κ1) is 13.9. The van der Waals surface area contributed by atoms with Gasteiger partial charge in [0.2, 0.25) is 0 Å². The molecule has 1 heterocycles. The van der Waals surface area contributed by atoms with Crippen LogP contribution in [0.15, 0.2) is 35.6 Å². The van der Waals surface area contributed by atoms with Gasteiger partial charge in [0.1, 0.15) is 5.75 Å². The zero-order valence-electron chi connectivity index (χ0n) is 11.6. The average Bonchev–Trinajstić information content (AvgIpc) is 2.85. The number of aryl methyl sites for hydroxylation is 2. The Bertz CT molecular complexity index is 619. The van der Waals surface area contributed by atoms with Gasteiger partial charge >= 0.3 is 0 Å². The summed E-state index contributed by atoms with van der Waals surface area (Å²) < 4.78 is 7.59. The zero-order chi connectivity index (χ0) is 14.5. The van der Waals surface area contributed by atoms with Crippen LogP contribution in [0.5, 0.6) is 5.75 Å². The minimum atomic E-state index is 0.0708. The Morgan fingerprint density at radius 1 is 1.45 bits per heavy atom. The third-order valence-corrected chi connectivity index (χ3v) is 3.13. The van der Waals surface area contributed by atoms with Gasteiger partial charge in [-0.05, 0) is 24.6 Å². The lowest BCUT2D eigenvalue weighted by molar-refractivity contribution is 0.315. The van der Waals surface area contributed by atoms with Crippen LogP contribution < -0.4 is 10.5 Å². The Labute approximate surface area is 117 Å². The highest BCUT2D eigenvalue weighted by atomic mass is 16.5. The molecule has 0 fully saturated rings. The summed E-state index contributed by atoms with van der Waals surface area (Å²) in [7, 11) is 1.90. The fraction of sp³-hybridized carbons (Fsp3) is 0.286. The molecule has 0 aliphatic heterocycles. The maximum Gasteiger partial charge on any atom is 0.170 e. The van der Waals surface area contributed by atoms with E-state index in [1.54, 1.807) is 18.3 Å². The molecule has 2 aromatic rings. The Morgan fingerprint density at radius 3 is 2.90 bits per heavy atom. The minimum Gasteiger partial charge on any atom is -0.493 e. The van der Waals surface area contributed by atoms with Crippen LogP contribution in [0.1, 0.15) is 16.8 Å². The molecule has 20 heavy (non-hydrogen) atoms. The first-order valence-corrected chi connectivity index (χ1v) is 6.30. The minimum absolute atomic E-state index is 0.0708. The van der Waals surface area contributed by atoms with Crippen molar-refractivity contribution in [3.63, 3.8) is 0 Å². The molecular formula is C14H18N4O2. The third kappa shape index (κ3) is 3.09. The van der Waals surface area contributed by atoms with Gasteiger partial charge in [-0.1, -0.05) is 17.3 Å². The molecule has 0 unspecified atom stereocenters. The van der Waals surface area contributed by atoms with E-state index < -0.39 is 0 Å². The molecule has 106 valence electrons. The van der Waals surface area contributed by atoms with Crippen molar-refractivity contribution in [2.45, 2.75) is 13.3 Å². The highest BCUT2D eigenvalue weighted by Gasteiger charge is 2.06. The monoisotopic (exact) mass is 274 g/mol. The molecule has 2 rings (SSSR count). The first-order valence-electron chi connectivity index (χ1n) is 6.30. The summed E-state index contributed by atoms with van der Waals surface area (Å²) in [4.78, 5) is 0. The quantitative estimate of drug-likeness (QED) is 0.374. The number of amidine groups is 1. The summed E-state index contributed by atoms with van der Waals surface area (Å²) in [6.07, 6.45) is 2.53. The molecule has 0 bridgehead atoms. The summed E-state index contributed by atoms with van der Waals surface area (Å²) in [6, 6.07) is 7.40. The average molecular weight is 274 g/mol. The first-order chi connectivity index (χ1) is 9.61. The molecule has 1 aromatic heterocycles. The van der Waals surface area contributed by atoms with Crippen LogP contribution in [-0.4, -0.2) is 27.4 Å². The summed E-state index contributed by atoms with van der Waals surface area (Å²) in [6.45, 7) is 2.50. The van der Waals surface area contributed by atoms with Gasteiger partial charge < -0.3 is 15.7 Å². The Morgan fingerprint density at radius 2 is 2.25 bits per heavy atom. The summed E-state index contributed by atoms with van der Waals surface area (Å²) in [5, 5.41) is 15.8. The highest BCUT2D eigenvalue weighted by molar-refractivity contribution is 5.97. The Kier molecular flexibility index (Phi) is 4.24. The maximum absolute atomic E-state index is 8.69. The van der Waals surface area contributed by atoms with Gasteiger partial charge in [-0.2, -0.15) is 5.10 Å². The van der Waals surface area contributed by atoms with E-state index in [4.69, 9.17) is 15.7 Å². The SMILES string of the molecule is Cc1ccc(/C(N)=N/O)cc1OCCc1ccnn1C. The lowest BCUT2D eigenvalue weighted by Crippen LogP contribution is -2.13. The van der Waals surface area contributed by atoms with Gasteiger partial charge in [0.05, 0.1) is 6.61 Å². The molecule has 0 amide bonds. The van der Waals surface area contributed by atoms with Gasteiger partial charge in [0, 0.05) is 30.9 Å². The van der Waals surface area contributed by atoms with Gasteiger partial charge in [-0.25, -0.2) is 0 Å². The number of hydrogen-bond acceptors (Lipinski definition) is 4. The van der Waals surface area contributed by atoms with E-state index >= 15 is 0 Å². The number of benzene rings is 1. The fourth-order valence-corrected chi connectivity index (χ4v) is 1.88. The molecule has 0 atom stereocenters. The van der Waals surface area contributed by atoms with Crippen molar-refractivity contribution in [1.29, 1.82) is 0 Å². The molecule has 0 aliphatic rings. The number of oxime groups is 1. The third-order valence-electron chi connectivity index (χ3n) is 3.13. The van der Waals surface area contributed by atoms with Crippen molar-refractivity contribution < 1.29 is 9.94 Å². The standard InChI is InChI=1S/C14H18N4O2/c1-10-3-4-11(14(15)17-19)9-13(10)20-8-6-12-5-7-16-18(12)2/h3-5,7,9,19H,6,8H2,1-2H3,(H2,15,17). The zero-order valence-corrected chi connectivity index (χ0v) is 11.6. The lowest BCUT2D eigenvalue weighted by atomic mass is 10.1. The maximum atomic E-state index is 8.69. The van der Waals surface area contributed by atoms with E-state index in [0.29, 0.717) is 12.2 Å². The van der Waals surface area contributed by atoms with Crippen LogP contribution in [0.3, 0.4) is 0 Å². The smallest absolute Gasteiger partial charge is 0.170 e. The number of nitrogens with zero attached hydrogens (tertiary/aromatic N) is 3. The van der Waals surface area contributed by atoms with Crippen LogP contribution in [0.4, 0.5) is 0 Å². The number of hydrogen-bond donors (Lipinski definition) is 2. The molecular weight excluding hydrogens is 256 g/mol.